The van der Waals surface area contributed by atoms with Crippen LogP contribution in [0.15, 0.2) is 0 Å². The van der Waals surface area contributed by atoms with Gasteiger partial charge < -0.3 is 24.4 Å². The summed E-state index contributed by atoms with van der Waals surface area (Å²) >= 11 is 0. The summed E-state index contributed by atoms with van der Waals surface area (Å²) in [6.45, 7) is 7.76. The van der Waals surface area contributed by atoms with Crippen LogP contribution in [0.3, 0.4) is 0 Å². The second-order valence-electron chi connectivity index (χ2n) is 6.39. The van der Waals surface area contributed by atoms with Gasteiger partial charge in [-0.3, -0.25) is 4.90 Å². The van der Waals surface area contributed by atoms with Gasteiger partial charge in [0.25, 0.3) is 0 Å². The summed E-state index contributed by atoms with van der Waals surface area (Å²) in [5, 5.41) is 17.2. The molecule has 8 heteroatoms. The van der Waals surface area contributed by atoms with E-state index in [0.29, 0.717) is 19.4 Å². The molecule has 132 valence electrons. The van der Waals surface area contributed by atoms with Gasteiger partial charge in [0.05, 0.1) is 19.2 Å². The largest absolute Gasteiger partial charge is 0.444 e. The molecule has 1 atom stereocenters. The van der Waals surface area contributed by atoms with Crippen LogP contribution in [-0.4, -0.2) is 90.7 Å². The minimum Gasteiger partial charge on any atom is -0.444 e. The first kappa shape index (κ1) is 21.1. The minimum absolute atomic E-state index is 0.0151. The number of hydrogen-bond acceptors (Lipinski definition) is 7. The molecule has 1 rings (SSSR count). The molecule has 8 nitrogen and oxygen atoms in total. The van der Waals surface area contributed by atoms with E-state index >= 15 is 0 Å². The van der Waals surface area contributed by atoms with E-state index in [1.165, 1.54) is 4.90 Å². The van der Waals surface area contributed by atoms with Gasteiger partial charge in [0.2, 0.25) is 0 Å². The molecule has 0 aromatic carbocycles. The van der Waals surface area contributed by atoms with Crippen LogP contribution >= 0.6 is 0 Å². The molecular weight excluding hydrogens is 300 g/mol. The van der Waals surface area contributed by atoms with Gasteiger partial charge in [-0.1, -0.05) is 0 Å². The number of piperazine rings is 1. The van der Waals surface area contributed by atoms with Gasteiger partial charge in [-0.25, -0.2) is 4.79 Å². The van der Waals surface area contributed by atoms with Gasteiger partial charge in [-0.05, 0) is 27.8 Å². The molecule has 1 saturated heterocycles. The van der Waals surface area contributed by atoms with Gasteiger partial charge >= 0.3 is 6.09 Å². The van der Waals surface area contributed by atoms with Crippen LogP contribution in [-0.2, 0) is 9.53 Å². The van der Waals surface area contributed by atoms with Crippen LogP contribution in [0.4, 0.5) is 4.79 Å². The van der Waals surface area contributed by atoms with Crippen molar-refractivity contribution in [1.29, 1.82) is 5.26 Å². The molecule has 1 amide bonds. The average Bonchev–Trinajstić information content (AvgIpc) is 2.46. The van der Waals surface area contributed by atoms with Crippen molar-refractivity contribution in [3.05, 3.63) is 0 Å². The first-order valence-electron chi connectivity index (χ1n) is 7.48. The van der Waals surface area contributed by atoms with Crippen molar-refractivity contribution in [2.24, 2.45) is 0 Å². The number of carbonyl (C=O) groups excluding carboxylic acids is 2. The molecule has 23 heavy (non-hydrogen) atoms. The van der Waals surface area contributed by atoms with Crippen LogP contribution in [0.25, 0.3) is 0 Å². The smallest absolute Gasteiger partial charge is 0.410 e. The third-order valence-corrected chi connectivity index (χ3v) is 3.16. The number of nitriles is 1. The minimum atomic E-state index is -0.463. The molecular formula is C15H28N4O4. The molecule has 0 saturated carbocycles. The first-order chi connectivity index (χ1) is 10.6. The van der Waals surface area contributed by atoms with Crippen molar-refractivity contribution in [2.45, 2.75) is 32.4 Å². The molecule has 1 aliphatic rings. The van der Waals surface area contributed by atoms with Gasteiger partial charge in [0.1, 0.15) is 11.9 Å². The second-order valence-corrected chi connectivity index (χ2v) is 6.39. The number of carbonyl (C=O) groups is 2. The van der Waals surface area contributed by atoms with E-state index < -0.39 is 5.60 Å². The quantitative estimate of drug-likeness (QED) is 0.447. The van der Waals surface area contributed by atoms with Crippen LogP contribution in [0.1, 0.15) is 20.8 Å². The lowest BCUT2D eigenvalue weighted by atomic mass is 10.2. The predicted octanol–water partition coefficient (Wildman–Crippen LogP) is 0.128. The molecule has 0 aliphatic carbocycles. The fraction of sp³-hybridized carbons (Fsp3) is 0.800. The van der Waals surface area contributed by atoms with Crippen molar-refractivity contribution in [2.75, 3.05) is 46.9 Å². The second kappa shape index (κ2) is 10.0. The number of rotatable bonds is 3. The Hall–Kier alpha value is -1.85. The van der Waals surface area contributed by atoms with E-state index in [1.807, 2.05) is 27.8 Å². The molecule has 1 heterocycles. The Morgan fingerprint density at radius 3 is 2.48 bits per heavy atom. The first-order valence-corrected chi connectivity index (χ1v) is 7.48. The molecule has 0 aromatic heterocycles. The standard InChI is InChI=1S/C11H22N2O3.C4H6N2O/c1-11(2,3)16-10(15)13-6-5-12(4)9(7-13)8-14;1-6(4-5)2-3-7/h9,14H,5-8H2,1-4H3;3H,2H2,1H3. The van der Waals surface area contributed by atoms with E-state index in [2.05, 4.69) is 4.90 Å². The summed E-state index contributed by atoms with van der Waals surface area (Å²) in [7, 11) is 3.50. The van der Waals surface area contributed by atoms with Gasteiger partial charge in [0.15, 0.2) is 6.19 Å². The summed E-state index contributed by atoms with van der Waals surface area (Å²) in [6.07, 6.45) is 2.16. The lowest BCUT2D eigenvalue weighted by molar-refractivity contribution is -0.108. The van der Waals surface area contributed by atoms with Crippen molar-refractivity contribution >= 4 is 12.4 Å². The number of aliphatic hydroxyl groups is 1. The highest BCUT2D eigenvalue weighted by atomic mass is 16.6. The molecule has 1 unspecified atom stereocenters. The van der Waals surface area contributed by atoms with E-state index in [-0.39, 0.29) is 25.3 Å². The van der Waals surface area contributed by atoms with Crippen molar-refractivity contribution in [1.82, 2.24) is 14.7 Å². The van der Waals surface area contributed by atoms with E-state index in [4.69, 9.17) is 10.00 Å². The van der Waals surface area contributed by atoms with Gasteiger partial charge in [-0.2, -0.15) is 5.26 Å². The van der Waals surface area contributed by atoms with Gasteiger partial charge in [-0.15, -0.1) is 0 Å². The van der Waals surface area contributed by atoms with Crippen LogP contribution < -0.4 is 0 Å². The fourth-order valence-electron chi connectivity index (χ4n) is 1.79. The Morgan fingerprint density at radius 1 is 1.48 bits per heavy atom. The molecule has 0 bridgehead atoms. The summed E-state index contributed by atoms with van der Waals surface area (Å²) in [5.74, 6) is 0. The van der Waals surface area contributed by atoms with Crippen molar-refractivity contribution in [3.8, 4) is 6.19 Å². The zero-order valence-electron chi connectivity index (χ0n) is 14.7. The summed E-state index contributed by atoms with van der Waals surface area (Å²) in [6, 6.07) is 0.0151. The Balaban J connectivity index is 0.000000585. The average molecular weight is 328 g/mol. The zero-order valence-corrected chi connectivity index (χ0v) is 14.7. The van der Waals surface area contributed by atoms with Crippen molar-refractivity contribution in [3.63, 3.8) is 0 Å². The third-order valence-electron chi connectivity index (χ3n) is 3.16. The van der Waals surface area contributed by atoms with E-state index in [1.54, 1.807) is 18.1 Å². The zero-order chi connectivity index (χ0) is 18.0. The van der Waals surface area contributed by atoms with E-state index in [0.717, 1.165) is 6.54 Å². The highest BCUT2D eigenvalue weighted by Crippen LogP contribution is 2.13. The fourth-order valence-corrected chi connectivity index (χ4v) is 1.79. The maximum Gasteiger partial charge on any atom is 0.410 e. The van der Waals surface area contributed by atoms with E-state index in [9.17, 15) is 14.7 Å². The Bertz CT molecular complexity index is 417. The lowest BCUT2D eigenvalue weighted by Crippen LogP contribution is -2.55. The Labute approximate surface area is 138 Å². The number of likely N-dealkylation sites (N-methyl/N-ethyl adjacent to an activating group) is 2. The Morgan fingerprint density at radius 2 is 2.09 bits per heavy atom. The van der Waals surface area contributed by atoms with Gasteiger partial charge in [0, 0.05) is 26.7 Å². The number of aliphatic hydroxyl groups excluding tert-OH is 1. The predicted molar refractivity (Wildman–Crippen MR) is 85.6 cm³/mol. The molecule has 0 spiro atoms. The highest BCUT2D eigenvalue weighted by Gasteiger charge is 2.29. The summed E-state index contributed by atoms with van der Waals surface area (Å²) < 4.78 is 5.29. The molecule has 1 aliphatic heterocycles. The summed E-state index contributed by atoms with van der Waals surface area (Å²) in [5.41, 5.74) is -0.463. The molecule has 1 fully saturated rings. The molecule has 0 aromatic rings. The maximum absolute atomic E-state index is 11.8. The SMILES string of the molecule is CN(C#N)CC=O.CN1CCN(C(=O)OC(C)(C)C)CC1CO. The third kappa shape index (κ3) is 9.01. The highest BCUT2D eigenvalue weighted by molar-refractivity contribution is 5.68. The summed E-state index contributed by atoms with van der Waals surface area (Å²) in [4.78, 5) is 26.3. The number of ether oxygens (including phenoxy) is 1. The van der Waals surface area contributed by atoms with Crippen LogP contribution in [0.5, 0.6) is 0 Å². The monoisotopic (exact) mass is 328 g/mol. The normalized spacial score (nSPS) is 18.3. The molecule has 0 radical (unpaired) electrons. The van der Waals surface area contributed by atoms with Crippen LogP contribution in [0, 0.1) is 11.5 Å². The molecule has 1 N–H and O–H groups in total. The maximum atomic E-state index is 11.8. The van der Waals surface area contributed by atoms with Crippen LogP contribution in [0.2, 0.25) is 0 Å². The number of nitrogens with zero attached hydrogens (tertiary/aromatic N) is 4. The lowest BCUT2D eigenvalue weighted by Gasteiger charge is -2.38. The number of hydrogen-bond donors (Lipinski definition) is 1. The number of aldehydes is 1. The number of amides is 1. The van der Waals surface area contributed by atoms with Crippen molar-refractivity contribution < 1.29 is 19.4 Å². The Kier molecular flexibility index (Phi) is 9.22. The topological polar surface area (TPSA) is 97.1 Å².